The van der Waals surface area contributed by atoms with Crippen LogP contribution in [0.5, 0.6) is 0 Å². The molecule has 10 heavy (non-hydrogen) atoms. The van der Waals surface area contributed by atoms with Crippen LogP contribution in [0.2, 0.25) is 0 Å². The van der Waals surface area contributed by atoms with Crippen LogP contribution in [0.1, 0.15) is 32.1 Å². The molecule has 0 aromatic rings. The molecule has 0 aliphatic heterocycles. The molecule has 2 atom stereocenters. The van der Waals surface area contributed by atoms with Gasteiger partial charge in [-0.25, -0.2) is 0 Å². The number of aliphatic hydroxyl groups excluding tert-OH is 1. The maximum Gasteiger partial charge on any atom is 0.0625 e. The summed E-state index contributed by atoms with van der Waals surface area (Å²) in [5.74, 6) is 0.263. The number of hydrogen-bond acceptors (Lipinski definition) is 2. The van der Waals surface area contributed by atoms with Crippen molar-refractivity contribution in [1.29, 1.82) is 5.26 Å². The fourth-order valence-electron chi connectivity index (χ4n) is 1.54. The first-order chi connectivity index (χ1) is 4.84. The van der Waals surface area contributed by atoms with E-state index in [2.05, 4.69) is 6.07 Å². The van der Waals surface area contributed by atoms with Crippen molar-refractivity contribution in [2.75, 3.05) is 0 Å². The largest absolute Gasteiger partial charge is 0.393 e. The van der Waals surface area contributed by atoms with Gasteiger partial charge in [-0.15, -0.1) is 0 Å². The summed E-state index contributed by atoms with van der Waals surface area (Å²) in [6.07, 6.45) is 4.57. The Morgan fingerprint density at radius 3 is 2.70 bits per heavy atom. The standard InChI is InChI=1S/C8H13NO/c9-6-5-7-3-1-2-4-8(7)10/h7-8,10H,1-5H2/t7-,8-/m0/s1. The van der Waals surface area contributed by atoms with Crippen LogP contribution in [0.25, 0.3) is 0 Å². The molecule has 1 saturated carbocycles. The zero-order valence-electron chi connectivity index (χ0n) is 6.08. The molecular formula is C8H13NO. The van der Waals surface area contributed by atoms with Crippen LogP contribution in [0, 0.1) is 17.2 Å². The zero-order valence-corrected chi connectivity index (χ0v) is 6.08. The van der Waals surface area contributed by atoms with Gasteiger partial charge in [0, 0.05) is 6.42 Å². The van der Waals surface area contributed by atoms with Gasteiger partial charge < -0.3 is 5.11 Å². The van der Waals surface area contributed by atoms with E-state index in [9.17, 15) is 5.11 Å². The van der Waals surface area contributed by atoms with E-state index in [1.807, 2.05) is 0 Å². The second-order valence-electron chi connectivity index (χ2n) is 2.97. The SMILES string of the molecule is N#CC[C@@H]1CCCC[C@@H]1O. The molecule has 0 radical (unpaired) electrons. The average molecular weight is 139 g/mol. The van der Waals surface area contributed by atoms with Gasteiger partial charge in [-0.2, -0.15) is 5.26 Å². The van der Waals surface area contributed by atoms with Crippen LogP contribution in [0.15, 0.2) is 0 Å². The van der Waals surface area contributed by atoms with Gasteiger partial charge >= 0.3 is 0 Å². The molecule has 0 amide bonds. The maximum atomic E-state index is 9.35. The molecule has 2 nitrogen and oxygen atoms in total. The lowest BCUT2D eigenvalue weighted by Gasteiger charge is -2.24. The van der Waals surface area contributed by atoms with Gasteiger partial charge in [0.1, 0.15) is 0 Å². The highest BCUT2D eigenvalue weighted by Gasteiger charge is 2.21. The molecular weight excluding hydrogens is 126 g/mol. The lowest BCUT2D eigenvalue weighted by molar-refractivity contribution is 0.0722. The summed E-state index contributed by atoms with van der Waals surface area (Å²) in [5.41, 5.74) is 0. The Morgan fingerprint density at radius 1 is 1.40 bits per heavy atom. The lowest BCUT2D eigenvalue weighted by Crippen LogP contribution is -2.23. The molecule has 1 fully saturated rings. The molecule has 56 valence electrons. The van der Waals surface area contributed by atoms with Crippen LogP contribution in [-0.2, 0) is 0 Å². The third-order valence-corrected chi connectivity index (χ3v) is 2.22. The Hall–Kier alpha value is -0.550. The van der Waals surface area contributed by atoms with E-state index in [1.54, 1.807) is 0 Å². The smallest absolute Gasteiger partial charge is 0.0625 e. The van der Waals surface area contributed by atoms with Crippen molar-refractivity contribution in [3.8, 4) is 6.07 Å². The van der Waals surface area contributed by atoms with E-state index in [0.717, 1.165) is 19.3 Å². The number of nitriles is 1. The minimum atomic E-state index is -0.201. The molecule has 0 bridgehead atoms. The lowest BCUT2D eigenvalue weighted by atomic mass is 9.85. The predicted octanol–water partition coefficient (Wildman–Crippen LogP) is 1.45. The highest BCUT2D eigenvalue weighted by atomic mass is 16.3. The summed E-state index contributed by atoms with van der Waals surface area (Å²) in [5, 5.41) is 17.7. The van der Waals surface area contributed by atoms with Gasteiger partial charge in [0.05, 0.1) is 12.2 Å². The second-order valence-corrected chi connectivity index (χ2v) is 2.97. The molecule has 1 rings (SSSR count). The summed E-state index contributed by atoms with van der Waals surface area (Å²) in [6, 6.07) is 2.11. The topological polar surface area (TPSA) is 44.0 Å². The fraction of sp³-hybridized carbons (Fsp3) is 0.875. The molecule has 0 unspecified atom stereocenters. The first kappa shape index (κ1) is 7.56. The third kappa shape index (κ3) is 1.71. The van der Waals surface area contributed by atoms with Crippen LogP contribution >= 0.6 is 0 Å². The van der Waals surface area contributed by atoms with Crippen molar-refractivity contribution in [3.63, 3.8) is 0 Å². The number of hydrogen-bond donors (Lipinski definition) is 1. The minimum Gasteiger partial charge on any atom is -0.393 e. The van der Waals surface area contributed by atoms with Crippen LogP contribution < -0.4 is 0 Å². The third-order valence-electron chi connectivity index (χ3n) is 2.22. The number of rotatable bonds is 1. The molecule has 2 heteroatoms. The first-order valence-corrected chi connectivity index (χ1v) is 3.89. The summed E-state index contributed by atoms with van der Waals surface area (Å²) < 4.78 is 0. The Morgan fingerprint density at radius 2 is 2.10 bits per heavy atom. The molecule has 0 heterocycles. The molecule has 0 spiro atoms. The molecule has 0 saturated heterocycles. The second kappa shape index (κ2) is 3.58. The Balaban J connectivity index is 2.34. The van der Waals surface area contributed by atoms with Crippen LogP contribution in [-0.4, -0.2) is 11.2 Å². The summed E-state index contributed by atoms with van der Waals surface area (Å²) in [6.45, 7) is 0. The van der Waals surface area contributed by atoms with Gasteiger partial charge in [0.15, 0.2) is 0 Å². The molecule has 0 aromatic carbocycles. The Bertz CT molecular complexity index is 139. The van der Waals surface area contributed by atoms with E-state index >= 15 is 0 Å². The van der Waals surface area contributed by atoms with Crippen molar-refractivity contribution in [2.24, 2.45) is 5.92 Å². The zero-order chi connectivity index (χ0) is 7.40. The predicted molar refractivity (Wildman–Crippen MR) is 38.2 cm³/mol. The van der Waals surface area contributed by atoms with Crippen molar-refractivity contribution in [1.82, 2.24) is 0 Å². The monoisotopic (exact) mass is 139 g/mol. The average Bonchev–Trinajstić information content (AvgIpc) is 1.94. The summed E-state index contributed by atoms with van der Waals surface area (Å²) in [4.78, 5) is 0. The summed E-state index contributed by atoms with van der Waals surface area (Å²) >= 11 is 0. The highest BCUT2D eigenvalue weighted by molar-refractivity contribution is 4.82. The molecule has 1 aliphatic carbocycles. The van der Waals surface area contributed by atoms with Gasteiger partial charge in [-0.05, 0) is 18.8 Å². The van der Waals surface area contributed by atoms with E-state index in [-0.39, 0.29) is 12.0 Å². The van der Waals surface area contributed by atoms with Crippen molar-refractivity contribution >= 4 is 0 Å². The Kier molecular flexibility index (Phi) is 2.70. The van der Waals surface area contributed by atoms with E-state index in [4.69, 9.17) is 5.26 Å². The normalized spacial score (nSPS) is 33.2. The Labute approximate surface area is 61.5 Å². The van der Waals surface area contributed by atoms with E-state index in [1.165, 1.54) is 6.42 Å². The van der Waals surface area contributed by atoms with E-state index < -0.39 is 0 Å². The van der Waals surface area contributed by atoms with Gasteiger partial charge in [-0.3, -0.25) is 0 Å². The summed E-state index contributed by atoms with van der Waals surface area (Å²) in [7, 11) is 0. The van der Waals surface area contributed by atoms with Gasteiger partial charge in [0.25, 0.3) is 0 Å². The van der Waals surface area contributed by atoms with Crippen LogP contribution in [0.3, 0.4) is 0 Å². The molecule has 1 N–H and O–H groups in total. The molecule has 0 aromatic heterocycles. The number of nitrogens with zero attached hydrogens (tertiary/aromatic N) is 1. The number of aliphatic hydroxyl groups is 1. The minimum absolute atomic E-state index is 0.201. The molecule has 1 aliphatic rings. The maximum absolute atomic E-state index is 9.35. The van der Waals surface area contributed by atoms with Crippen molar-refractivity contribution < 1.29 is 5.11 Å². The van der Waals surface area contributed by atoms with Crippen LogP contribution in [0.4, 0.5) is 0 Å². The quantitative estimate of drug-likeness (QED) is 0.597. The van der Waals surface area contributed by atoms with Gasteiger partial charge in [-0.1, -0.05) is 12.8 Å². The highest BCUT2D eigenvalue weighted by Crippen LogP contribution is 2.26. The van der Waals surface area contributed by atoms with Crippen molar-refractivity contribution in [2.45, 2.75) is 38.2 Å². The van der Waals surface area contributed by atoms with Crippen molar-refractivity contribution in [3.05, 3.63) is 0 Å². The van der Waals surface area contributed by atoms with Gasteiger partial charge in [0.2, 0.25) is 0 Å². The fourth-order valence-corrected chi connectivity index (χ4v) is 1.54. The first-order valence-electron chi connectivity index (χ1n) is 3.89. The van der Waals surface area contributed by atoms with E-state index in [0.29, 0.717) is 6.42 Å².